The van der Waals surface area contributed by atoms with Crippen LogP contribution in [0.1, 0.15) is 35.7 Å². The molecule has 0 aliphatic rings. The van der Waals surface area contributed by atoms with Crippen LogP contribution in [0.5, 0.6) is 0 Å². The first-order valence-corrected chi connectivity index (χ1v) is 29.4. The van der Waals surface area contributed by atoms with Crippen molar-refractivity contribution in [3.63, 3.8) is 0 Å². The number of carbonyl (C=O) groups is 1. The Morgan fingerprint density at radius 2 is 0.372 bits per heavy atom. The Morgan fingerprint density at radius 1 is 0.239 bits per heavy atom. The van der Waals surface area contributed by atoms with Gasteiger partial charge in [0.05, 0.1) is 17.5 Å². The standard InChI is InChI=1S/C96H6.C11H13N5O/c1-3-5-7-9-11-13-15-17-19-21-23-25-27-29-31-33-35-37-39-41-43-45-47-49-51-53-55-57-59-61-63-65-67-69-71-73-75-77-79-81-83-85-87-89-91-93-95-96-94-92-90-88-86-84-82-80-78-76-74-72-70-68-66-64-62-60-58-56-54-52-50-48-46-44-42-40-38-36-34-32-30-28-26-24-22-20-18-16-14-12-10-8-6-4-2;1-6-4-13-7(2)15-9(6)8-5-14-16(3)10(8)11(12)17/h1-2H3;4-5H,1-3H3,(H2,12,17). The molecule has 2 rings (SSSR count). The predicted molar refractivity (Wildman–Crippen MR) is 439 cm³/mol. The Morgan fingerprint density at radius 3 is 0.496 bits per heavy atom. The lowest BCUT2D eigenvalue weighted by Gasteiger charge is -2.05. The number of primary amides is 1. The maximum absolute atomic E-state index is 11.4. The summed E-state index contributed by atoms with van der Waals surface area (Å²) in [6, 6.07) is 0. The molecule has 2 N–H and O–H groups in total. The van der Waals surface area contributed by atoms with E-state index in [0.717, 1.165) is 5.56 Å². The molecule has 2 aromatic rings. The summed E-state index contributed by atoms with van der Waals surface area (Å²) in [5, 5.41) is 4.04. The molecule has 6 heteroatoms. The van der Waals surface area contributed by atoms with Gasteiger partial charge in [-0.25, -0.2) is 9.97 Å². The van der Waals surface area contributed by atoms with Crippen molar-refractivity contribution < 1.29 is 4.79 Å². The van der Waals surface area contributed by atoms with Crippen LogP contribution in [0.4, 0.5) is 0 Å². The molecule has 478 valence electrons. The predicted octanol–water partition coefficient (Wildman–Crippen LogP) is 1.78. The van der Waals surface area contributed by atoms with Gasteiger partial charge in [0, 0.05) is 463 Å². The zero-order chi connectivity index (χ0) is 81.0. The lowest BCUT2D eigenvalue weighted by Crippen LogP contribution is -2.17. The van der Waals surface area contributed by atoms with Gasteiger partial charge in [-0.3, -0.25) is 9.48 Å². The minimum Gasteiger partial charge on any atom is -0.364 e. The fourth-order valence-corrected chi connectivity index (χ4v) is 4.64. The average Bonchev–Trinajstić information content (AvgIpc) is 1.65. The number of amides is 1. The van der Waals surface area contributed by atoms with Crippen LogP contribution in [-0.2, 0) is 7.05 Å². The van der Waals surface area contributed by atoms with Crippen LogP contribution in [0.25, 0.3) is 11.3 Å². The molecule has 0 saturated carbocycles. The van der Waals surface area contributed by atoms with Crippen LogP contribution in [0.15, 0.2) is 12.4 Å². The number of hydrogen-bond acceptors (Lipinski definition) is 4. The fourth-order valence-electron chi connectivity index (χ4n) is 4.64. The third-order valence-electron chi connectivity index (χ3n) is 8.46. The third kappa shape index (κ3) is 62.4. The Kier molecular flexibility index (Phi) is 57.2. The maximum Gasteiger partial charge on any atom is 0.267 e. The summed E-state index contributed by atoms with van der Waals surface area (Å²) < 4.78 is 1.45. The van der Waals surface area contributed by atoms with Crippen LogP contribution in [0.2, 0.25) is 0 Å². The van der Waals surface area contributed by atoms with Gasteiger partial charge in [-0.2, -0.15) is 5.10 Å². The highest BCUT2D eigenvalue weighted by Crippen LogP contribution is 2.24. The number of carbonyl (C=O) groups excluding carboxylic acids is 1. The van der Waals surface area contributed by atoms with Gasteiger partial charge in [-0.05, 0) is 128 Å². The van der Waals surface area contributed by atoms with Gasteiger partial charge in [-0.15, -0.1) is 0 Å². The van der Waals surface area contributed by atoms with Crippen molar-refractivity contribution in [2.75, 3.05) is 0 Å². The summed E-state index contributed by atoms with van der Waals surface area (Å²) in [4.78, 5) is 19.8. The fraction of sp³-hybridized carbons (Fsp3) is 0.0467. The van der Waals surface area contributed by atoms with E-state index >= 15 is 0 Å². The van der Waals surface area contributed by atoms with Gasteiger partial charge < -0.3 is 5.73 Å². The van der Waals surface area contributed by atoms with Crippen molar-refractivity contribution in [2.24, 2.45) is 12.8 Å². The quantitative estimate of drug-likeness (QED) is 0.466. The molecule has 6 nitrogen and oxygen atoms in total. The Hall–Kier alpha value is -22.9. The van der Waals surface area contributed by atoms with Gasteiger partial charge in [0.25, 0.3) is 5.91 Å². The molecule has 0 saturated heterocycles. The molecule has 0 unspecified atom stereocenters. The van der Waals surface area contributed by atoms with Gasteiger partial charge in [0.2, 0.25) is 0 Å². The van der Waals surface area contributed by atoms with Crippen molar-refractivity contribution in [1.82, 2.24) is 19.7 Å². The van der Waals surface area contributed by atoms with E-state index in [1.165, 1.54) is 4.68 Å². The molecule has 0 aliphatic heterocycles. The maximum atomic E-state index is 11.4. The molecule has 2 heterocycles. The van der Waals surface area contributed by atoms with Crippen molar-refractivity contribution in [3.05, 3.63) is 29.5 Å². The molecule has 0 bridgehead atoms. The van der Waals surface area contributed by atoms with Crippen molar-refractivity contribution >= 4 is 5.91 Å². The molecule has 0 aromatic carbocycles. The molecule has 1 amide bonds. The first-order chi connectivity index (χ1) is 55.9. The number of aryl methyl sites for hydroxylation is 3. The summed E-state index contributed by atoms with van der Waals surface area (Å²) in [5.41, 5.74) is 7.91. The number of rotatable bonds is 2. The summed E-state index contributed by atoms with van der Waals surface area (Å²) in [5.74, 6) is 236. The molecule has 0 aliphatic carbocycles. The van der Waals surface area contributed by atoms with Crippen molar-refractivity contribution in [2.45, 2.75) is 27.7 Å². The smallest absolute Gasteiger partial charge is 0.267 e. The van der Waals surface area contributed by atoms with Gasteiger partial charge >= 0.3 is 0 Å². The highest BCUT2D eigenvalue weighted by molar-refractivity contribution is 5.98. The van der Waals surface area contributed by atoms with Gasteiger partial charge in [-0.1, -0.05) is 11.8 Å². The summed E-state index contributed by atoms with van der Waals surface area (Å²) in [7, 11) is 1.67. The molecular weight excluding hydrogens is 1370 g/mol. The van der Waals surface area contributed by atoms with E-state index in [-0.39, 0.29) is 0 Å². The molecule has 0 atom stereocenters. The molecule has 0 fully saturated rings. The largest absolute Gasteiger partial charge is 0.364 e. The summed E-state index contributed by atoms with van der Waals surface area (Å²) in [6.07, 6.45) is 3.31. The van der Waals surface area contributed by atoms with Crippen LogP contribution in [0, 0.1) is 570 Å². The van der Waals surface area contributed by atoms with E-state index < -0.39 is 5.91 Å². The minimum absolute atomic E-state index is 0.353. The van der Waals surface area contributed by atoms with Crippen molar-refractivity contribution in [3.8, 4) is 568 Å². The van der Waals surface area contributed by atoms with E-state index in [0.29, 0.717) is 22.8 Å². The molecular formula is C107H19N5O. The lowest BCUT2D eigenvalue weighted by molar-refractivity contribution is 0.0992. The molecule has 113 heavy (non-hydrogen) atoms. The molecule has 0 radical (unpaired) electrons. The van der Waals surface area contributed by atoms with E-state index in [2.05, 4.69) is 572 Å². The van der Waals surface area contributed by atoms with E-state index in [1.807, 2.05) is 6.92 Å². The molecule has 2 aromatic heterocycles. The second-order valence-corrected chi connectivity index (χ2v) is 15.8. The lowest BCUT2D eigenvalue weighted by atomic mass is 10.1. The van der Waals surface area contributed by atoms with E-state index in [9.17, 15) is 4.79 Å². The normalized spacial score (nSPS) is 4.96. The second-order valence-electron chi connectivity index (χ2n) is 15.8. The van der Waals surface area contributed by atoms with Crippen LogP contribution < -0.4 is 5.73 Å². The Balaban J connectivity index is 0.00000326. The SMILES string of the molecule is CC#CC#CC#CC#CC#CC#CC#CC#CC#CC#CC#CC#CC#CC#CC#CC#CC#CC#CC#CC#CC#CC#CC#CC#CC#CC#CC#CC#CC#CC#CC#CC#CC#CC#CC#CC#CC#CC#CC#CC#CC#CC#CC#CC#CC#CC#CC#CC.Cc1ncc(C)c(-c2cnn(C)c2C(N)=O)n1. The summed E-state index contributed by atoms with van der Waals surface area (Å²) in [6.45, 7) is 7.04. The molecule has 0 spiro atoms. The number of hydrogen-bond donors (Lipinski definition) is 1. The Labute approximate surface area is 664 Å². The van der Waals surface area contributed by atoms with Crippen LogP contribution in [-0.4, -0.2) is 25.7 Å². The Bertz CT molecular complexity index is 7370. The monoisotopic (exact) mass is 1390 g/mol. The van der Waals surface area contributed by atoms with E-state index in [4.69, 9.17) is 5.73 Å². The average molecular weight is 1390 g/mol. The van der Waals surface area contributed by atoms with Gasteiger partial charge in [0.1, 0.15) is 11.5 Å². The zero-order valence-electron chi connectivity index (χ0n) is 58.9. The van der Waals surface area contributed by atoms with Crippen molar-refractivity contribution in [1.29, 1.82) is 0 Å². The summed E-state index contributed by atoms with van der Waals surface area (Å²) >= 11 is 0. The zero-order valence-corrected chi connectivity index (χ0v) is 58.9. The number of nitrogens with two attached hydrogens (primary N) is 1. The second kappa shape index (κ2) is 73.3. The first-order valence-electron chi connectivity index (χ1n) is 29.4. The van der Waals surface area contributed by atoms with Gasteiger partial charge in [0.15, 0.2) is 0 Å². The topological polar surface area (TPSA) is 86.7 Å². The first kappa shape index (κ1) is 88.1. The van der Waals surface area contributed by atoms with E-state index in [1.54, 1.807) is 40.2 Å². The minimum atomic E-state index is -0.518. The number of nitrogens with zero attached hydrogens (tertiary/aromatic N) is 4. The highest BCUT2D eigenvalue weighted by Gasteiger charge is 2.18. The highest BCUT2D eigenvalue weighted by atomic mass is 16.1. The number of aromatic nitrogens is 4. The van der Waals surface area contributed by atoms with Crippen LogP contribution >= 0.6 is 0 Å². The van der Waals surface area contributed by atoms with Crippen LogP contribution in [0.3, 0.4) is 0 Å². The third-order valence-corrected chi connectivity index (χ3v) is 8.46.